The lowest BCUT2D eigenvalue weighted by Crippen LogP contribution is -2.28. The van der Waals surface area contributed by atoms with Crippen molar-refractivity contribution in [2.24, 2.45) is 18.4 Å². The summed E-state index contributed by atoms with van der Waals surface area (Å²) in [5.74, 6) is 0.307. The van der Waals surface area contributed by atoms with Crippen LogP contribution in [0.5, 0.6) is 11.5 Å². The Kier molecular flexibility index (Phi) is 11.2. The monoisotopic (exact) mass is 779 g/mol. The van der Waals surface area contributed by atoms with Crippen LogP contribution in [0, 0.1) is 17.2 Å². The van der Waals surface area contributed by atoms with Gasteiger partial charge in [0.2, 0.25) is 0 Å². The molecule has 0 saturated carbocycles. The molecule has 0 saturated heterocycles. The second-order valence-corrected chi connectivity index (χ2v) is 16.7. The number of ether oxygens (including phenoxy) is 2. The van der Waals surface area contributed by atoms with Crippen LogP contribution in [0.1, 0.15) is 63.9 Å². The van der Waals surface area contributed by atoms with Gasteiger partial charge in [0.15, 0.2) is 33.1 Å². The normalized spacial score (nSPS) is 13.9. The van der Waals surface area contributed by atoms with E-state index in [4.69, 9.17) is 19.6 Å². The Morgan fingerprint density at radius 2 is 1.92 bits per heavy atom. The number of hydrogen-bond acceptors (Lipinski definition) is 8. The number of benzene rings is 2. The minimum atomic E-state index is -3.39. The highest BCUT2D eigenvalue weighted by Gasteiger charge is 2.36. The Hall–Kier alpha value is -4.36. The summed E-state index contributed by atoms with van der Waals surface area (Å²) >= 11 is 3.49. The third-order valence-corrected chi connectivity index (χ3v) is 11.7. The molecule has 51 heavy (non-hydrogen) atoms. The van der Waals surface area contributed by atoms with E-state index in [0.29, 0.717) is 58.8 Å². The van der Waals surface area contributed by atoms with E-state index in [0.717, 1.165) is 21.9 Å². The van der Waals surface area contributed by atoms with Crippen molar-refractivity contribution in [1.29, 1.82) is 0 Å². The Morgan fingerprint density at radius 3 is 2.65 bits per heavy atom. The van der Waals surface area contributed by atoms with E-state index >= 15 is 4.39 Å². The number of sulfone groups is 1. The number of esters is 1. The molecule has 0 radical (unpaired) electrons. The summed E-state index contributed by atoms with van der Waals surface area (Å²) < 4.78 is 53.0. The fraction of sp³-hybridized carbons (Fsp3) is 0.368. The zero-order valence-corrected chi connectivity index (χ0v) is 32.1. The maximum absolute atomic E-state index is 15.1. The predicted molar refractivity (Wildman–Crippen MR) is 200 cm³/mol. The lowest BCUT2D eigenvalue weighted by molar-refractivity contribution is -0.144. The van der Waals surface area contributed by atoms with Gasteiger partial charge in [-0.3, -0.25) is 9.78 Å². The number of nitrogens with one attached hydrogen (secondary N) is 1. The van der Waals surface area contributed by atoms with Crippen LogP contribution >= 0.6 is 15.9 Å². The van der Waals surface area contributed by atoms with Crippen LogP contribution in [0.2, 0.25) is 0 Å². The largest absolute Gasteiger partial charge is 0.469 e. The number of carbonyl (C=O) groups is 1. The molecule has 0 unspecified atom stereocenters. The van der Waals surface area contributed by atoms with Crippen LogP contribution in [0.25, 0.3) is 22.4 Å². The molecule has 1 N–H and O–H groups in total. The van der Waals surface area contributed by atoms with Gasteiger partial charge in [-0.15, -0.1) is 0 Å². The Balaban J connectivity index is 1.49. The second kappa shape index (κ2) is 15.1. The molecule has 0 bridgehead atoms. The molecule has 5 rings (SSSR count). The number of pyridine rings is 1. The highest BCUT2D eigenvalue weighted by molar-refractivity contribution is 9.10. The zero-order chi connectivity index (χ0) is 37.1. The number of hydrogen-bond donors (Lipinski definition) is 1. The van der Waals surface area contributed by atoms with Crippen LogP contribution < -0.4 is 4.74 Å². The molecule has 0 spiro atoms. The fourth-order valence-corrected chi connectivity index (χ4v) is 8.39. The van der Waals surface area contributed by atoms with Crippen molar-refractivity contribution < 1.29 is 27.1 Å². The van der Waals surface area contributed by atoms with Gasteiger partial charge in [-0.05, 0) is 70.8 Å². The number of aromatic amines is 1. The third-order valence-electron chi connectivity index (χ3n) is 9.23. The smallest absolute Gasteiger partial charge is 0.308 e. The maximum Gasteiger partial charge on any atom is 0.308 e. The lowest BCUT2D eigenvalue weighted by Gasteiger charge is -2.30. The van der Waals surface area contributed by atoms with Crippen LogP contribution in [0.15, 0.2) is 77.4 Å². The standard InChI is InChI=1S/C38H43BrFN5O5S/c1-8-51(47,48)23-37(3,4)15-10-16-38(5,26-12-9-11-25(20-26)19-24(2)35(46)49-7)36-43-34(45(6)44-36)31-21-27(13-17-42-31)50-33-29(40)22-30-28(32(33)39)14-18-41-30/h8-9,11-14,17-18,20-22,24,41H,1,10,15-16,19,23H2,2-7H3/t24-,38-/m1/s1. The van der Waals surface area contributed by atoms with Crippen molar-refractivity contribution in [3.63, 3.8) is 0 Å². The minimum absolute atomic E-state index is 0.00327. The molecule has 3 heterocycles. The van der Waals surface area contributed by atoms with Crippen LogP contribution in [0.4, 0.5) is 4.39 Å². The number of halogens is 2. The van der Waals surface area contributed by atoms with Crippen molar-refractivity contribution in [1.82, 2.24) is 24.7 Å². The molecule has 5 aromatic rings. The quantitative estimate of drug-likeness (QED) is 0.105. The summed E-state index contributed by atoms with van der Waals surface area (Å²) in [5.41, 5.74) is 1.85. The maximum atomic E-state index is 15.1. The lowest BCUT2D eigenvalue weighted by atomic mass is 9.75. The Labute approximate surface area is 306 Å². The first kappa shape index (κ1) is 37.9. The number of H-pyrrole nitrogens is 1. The van der Waals surface area contributed by atoms with Gasteiger partial charge < -0.3 is 14.5 Å². The number of aryl methyl sites for hydroxylation is 1. The van der Waals surface area contributed by atoms with E-state index in [1.807, 2.05) is 45.0 Å². The molecule has 0 aliphatic heterocycles. The van der Waals surface area contributed by atoms with Gasteiger partial charge in [-0.1, -0.05) is 58.0 Å². The molecule has 2 atom stereocenters. The predicted octanol–water partition coefficient (Wildman–Crippen LogP) is 8.46. The first-order valence-electron chi connectivity index (χ1n) is 16.6. The molecule has 270 valence electrons. The van der Waals surface area contributed by atoms with Crippen molar-refractivity contribution in [3.05, 3.63) is 100 Å². The molecule has 0 aliphatic rings. The molecule has 0 fully saturated rings. The number of nitrogens with zero attached hydrogens (tertiary/aromatic N) is 4. The summed E-state index contributed by atoms with van der Waals surface area (Å²) in [6.07, 6.45) is 5.72. The van der Waals surface area contributed by atoms with Gasteiger partial charge in [-0.2, -0.15) is 5.10 Å². The van der Waals surface area contributed by atoms with Gasteiger partial charge in [0.25, 0.3) is 0 Å². The van der Waals surface area contributed by atoms with Gasteiger partial charge in [-0.25, -0.2) is 22.5 Å². The summed E-state index contributed by atoms with van der Waals surface area (Å²) in [5, 5.41) is 6.70. The van der Waals surface area contributed by atoms with Gasteiger partial charge in [0, 0.05) is 47.9 Å². The first-order valence-corrected chi connectivity index (χ1v) is 19.1. The molecule has 10 nitrogen and oxygen atoms in total. The van der Waals surface area contributed by atoms with E-state index in [1.165, 1.54) is 13.2 Å². The average Bonchev–Trinajstić information content (AvgIpc) is 3.72. The molecule has 0 amide bonds. The molecule has 13 heteroatoms. The summed E-state index contributed by atoms with van der Waals surface area (Å²) in [6.45, 7) is 11.3. The van der Waals surface area contributed by atoms with Crippen LogP contribution in [0.3, 0.4) is 0 Å². The van der Waals surface area contributed by atoms with E-state index in [2.05, 4.69) is 45.5 Å². The van der Waals surface area contributed by atoms with Gasteiger partial charge in [0.1, 0.15) is 11.4 Å². The van der Waals surface area contributed by atoms with E-state index in [9.17, 15) is 13.2 Å². The van der Waals surface area contributed by atoms with Gasteiger partial charge >= 0.3 is 5.97 Å². The number of methoxy groups -OCH3 is 1. The van der Waals surface area contributed by atoms with Crippen molar-refractivity contribution in [3.8, 4) is 23.0 Å². The first-order chi connectivity index (χ1) is 24.1. The Morgan fingerprint density at radius 1 is 1.16 bits per heavy atom. The van der Waals surface area contributed by atoms with E-state index < -0.39 is 26.5 Å². The molecular weight excluding hydrogens is 737 g/mol. The fourth-order valence-electron chi connectivity index (χ4n) is 6.42. The highest BCUT2D eigenvalue weighted by atomic mass is 79.9. The number of fused-ring (bicyclic) bond motifs is 1. The average molecular weight is 781 g/mol. The highest BCUT2D eigenvalue weighted by Crippen LogP contribution is 2.40. The number of rotatable bonds is 15. The topological polar surface area (TPSA) is 129 Å². The molecule has 2 aromatic carbocycles. The van der Waals surface area contributed by atoms with E-state index in [1.54, 1.807) is 36.3 Å². The number of carbonyl (C=O) groups excluding carboxylic acids is 1. The molecular formula is C38H43BrFN5O5S. The molecule has 3 aromatic heterocycles. The summed E-state index contributed by atoms with van der Waals surface area (Å²) in [4.78, 5) is 24.8. The molecule has 0 aliphatic carbocycles. The van der Waals surface area contributed by atoms with Crippen LogP contribution in [-0.4, -0.2) is 52.0 Å². The summed E-state index contributed by atoms with van der Waals surface area (Å²) in [6, 6.07) is 14.6. The summed E-state index contributed by atoms with van der Waals surface area (Å²) in [7, 11) is -0.216. The SMILES string of the molecule is C=CS(=O)(=O)CC(C)(C)CCC[C@](C)(c1cccc(C[C@@H](C)C(=O)OC)c1)c1nc(-c2cc(Oc3c(F)cc4[nH]ccc4c3Br)ccn2)n(C)n1. The van der Waals surface area contributed by atoms with E-state index in [-0.39, 0.29) is 23.4 Å². The van der Waals surface area contributed by atoms with Gasteiger partial charge in [0.05, 0.1) is 28.7 Å². The second-order valence-electron chi connectivity index (χ2n) is 14.0. The Bertz CT molecular complexity index is 2180. The van der Waals surface area contributed by atoms with Crippen LogP contribution in [-0.2, 0) is 38.3 Å². The van der Waals surface area contributed by atoms with Crippen molar-refractivity contribution in [2.45, 2.75) is 58.8 Å². The number of aromatic nitrogens is 5. The van der Waals surface area contributed by atoms with Crippen molar-refractivity contribution in [2.75, 3.05) is 12.9 Å². The third kappa shape index (κ3) is 8.58. The van der Waals surface area contributed by atoms with Crippen molar-refractivity contribution >= 4 is 42.6 Å². The zero-order valence-electron chi connectivity index (χ0n) is 29.7. The minimum Gasteiger partial charge on any atom is -0.469 e.